The van der Waals surface area contributed by atoms with Gasteiger partial charge < -0.3 is 24.6 Å². The van der Waals surface area contributed by atoms with Crippen LogP contribution in [-0.4, -0.2) is 65.7 Å². The molecule has 0 spiro atoms. The maximum Gasteiger partial charge on any atom is 0.472 e. The third-order valence-electron chi connectivity index (χ3n) is 9.61. The number of ether oxygens (including phenoxy) is 2. The highest BCUT2D eigenvalue weighted by atomic mass is 31.2. The second-order valence-corrected chi connectivity index (χ2v) is 16.5. The molecule has 0 fully saturated rings. The van der Waals surface area contributed by atoms with Gasteiger partial charge in [-0.15, -0.1) is 0 Å². The Morgan fingerprint density at radius 3 is 1.40 bits per heavy atom. The zero-order valence-electron chi connectivity index (χ0n) is 35.2. The molecule has 0 bridgehead atoms. The Kier molecular flexibility index (Phi) is 39.5. The summed E-state index contributed by atoms with van der Waals surface area (Å²) in [6.07, 6.45) is 40.0. The lowest BCUT2D eigenvalue weighted by atomic mass is 10.1. The van der Waals surface area contributed by atoms with Crippen LogP contribution in [0.1, 0.15) is 206 Å². The third-order valence-corrected chi connectivity index (χ3v) is 10.6. The summed E-state index contributed by atoms with van der Waals surface area (Å²) in [6, 6.07) is 0. The van der Waals surface area contributed by atoms with Gasteiger partial charge in [-0.1, -0.05) is 173 Å². The Morgan fingerprint density at radius 2 is 0.945 bits per heavy atom. The highest BCUT2D eigenvalue weighted by Crippen LogP contribution is 2.43. The van der Waals surface area contributed by atoms with Gasteiger partial charge in [0.1, 0.15) is 12.7 Å². The second kappa shape index (κ2) is 40.6. The summed E-state index contributed by atoms with van der Waals surface area (Å²) in [4.78, 5) is 34.9. The van der Waals surface area contributed by atoms with E-state index in [1.807, 2.05) is 0 Å². The summed E-state index contributed by atoms with van der Waals surface area (Å²) in [6.45, 7) is 2.37. The Hall–Kier alpha value is -1.55. The summed E-state index contributed by atoms with van der Waals surface area (Å²) in [5, 5.41) is 18.3. The Morgan fingerprint density at radius 1 is 0.545 bits per heavy atom. The number of esters is 2. The number of hydrogen-bond donors (Lipinski definition) is 3. The number of unbranched alkanes of at least 4 members (excludes halogenated alkanes) is 24. The fourth-order valence-electron chi connectivity index (χ4n) is 6.14. The normalized spacial score (nSPS) is 14.1. The standard InChI is InChI=1S/C44H83O10P/c1-3-5-7-9-11-13-15-16-17-18-19-20-21-22-23-24-26-28-30-32-34-36-44(48)54-42(40-53-55(49,50)52-38-41(46)37-45)39-51-43(47)35-33-31-29-27-25-14-12-10-8-6-4-2/h15-16,18-19,41-42,45-46H,3-14,17,20-40H2,1-2H3,(H,49,50)/b16-15-,19-18-. The number of carbonyl (C=O) groups excluding carboxylic acids is 2. The van der Waals surface area contributed by atoms with E-state index in [0.717, 1.165) is 51.4 Å². The van der Waals surface area contributed by atoms with E-state index < -0.39 is 51.8 Å². The predicted molar refractivity (Wildman–Crippen MR) is 224 cm³/mol. The lowest BCUT2D eigenvalue weighted by Crippen LogP contribution is -2.29. The van der Waals surface area contributed by atoms with Crippen LogP contribution in [0.2, 0.25) is 0 Å². The molecule has 3 N–H and O–H groups in total. The number of hydrogen-bond acceptors (Lipinski definition) is 9. The van der Waals surface area contributed by atoms with E-state index in [0.29, 0.717) is 12.8 Å². The number of allylic oxidation sites excluding steroid dienone is 4. The van der Waals surface area contributed by atoms with E-state index in [4.69, 9.17) is 19.1 Å². The number of phosphoric acid groups is 1. The highest BCUT2D eigenvalue weighted by molar-refractivity contribution is 7.47. The van der Waals surface area contributed by atoms with Crippen LogP contribution in [0.15, 0.2) is 24.3 Å². The minimum absolute atomic E-state index is 0.182. The third kappa shape index (κ3) is 40.4. The maximum absolute atomic E-state index is 12.6. The summed E-state index contributed by atoms with van der Waals surface area (Å²) >= 11 is 0. The number of aliphatic hydroxyl groups is 2. The molecule has 0 amide bonds. The molecule has 0 aromatic carbocycles. The fraction of sp³-hybridized carbons (Fsp3) is 0.864. The first-order chi connectivity index (χ1) is 26.7. The van der Waals surface area contributed by atoms with Crippen LogP contribution in [-0.2, 0) is 32.7 Å². The highest BCUT2D eigenvalue weighted by Gasteiger charge is 2.27. The van der Waals surface area contributed by atoms with Gasteiger partial charge in [-0.3, -0.25) is 18.6 Å². The molecule has 324 valence electrons. The molecule has 11 heteroatoms. The van der Waals surface area contributed by atoms with Crippen LogP contribution in [0.4, 0.5) is 0 Å². The molecule has 0 aliphatic carbocycles. The molecular formula is C44H83O10P. The van der Waals surface area contributed by atoms with Crippen LogP contribution < -0.4 is 0 Å². The van der Waals surface area contributed by atoms with Crippen molar-refractivity contribution in [2.24, 2.45) is 0 Å². The van der Waals surface area contributed by atoms with E-state index in [1.165, 1.54) is 116 Å². The summed E-state index contributed by atoms with van der Waals surface area (Å²) in [5.41, 5.74) is 0. The summed E-state index contributed by atoms with van der Waals surface area (Å²) in [5.74, 6) is -0.924. The number of carbonyl (C=O) groups is 2. The van der Waals surface area contributed by atoms with Crippen molar-refractivity contribution in [3.8, 4) is 0 Å². The summed E-state index contributed by atoms with van der Waals surface area (Å²) in [7, 11) is -4.61. The molecule has 0 aromatic rings. The van der Waals surface area contributed by atoms with Gasteiger partial charge in [0.25, 0.3) is 0 Å². The van der Waals surface area contributed by atoms with Crippen molar-refractivity contribution in [2.45, 2.75) is 219 Å². The molecule has 0 heterocycles. The SMILES string of the molecule is CCCCCCC/C=C\C/C=C\CCCCCCCCCCCC(=O)OC(COC(=O)CCCCCCCCCCCCC)COP(=O)(O)OCC(O)CO. The molecule has 3 unspecified atom stereocenters. The van der Waals surface area contributed by atoms with E-state index in [1.54, 1.807) is 0 Å². The molecule has 3 atom stereocenters. The Balaban J connectivity index is 4.22. The van der Waals surface area contributed by atoms with Crippen LogP contribution in [0.25, 0.3) is 0 Å². The molecule has 0 aliphatic rings. The quantitative estimate of drug-likeness (QED) is 0.0236. The smallest absolute Gasteiger partial charge is 0.462 e. The topological polar surface area (TPSA) is 149 Å². The van der Waals surface area contributed by atoms with Crippen molar-refractivity contribution in [1.29, 1.82) is 0 Å². The first-order valence-electron chi connectivity index (χ1n) is 22.3. The van der Waals surface area contributed by atoms with Crippen LogP contribution >= 0.6 is 7.82 Å². The van der Waals surface area contributed by atoms with E-state index in [9.17, 15) is 24.2 Å². The first kappa shape index (κ1) is 53.5. The van der Waals surface area contributed by atoms with Crippen molar-refractivity contribution >= 4 is 19.8 Å². The van der Waals surface area contributed by atoms with Crippen molar-refractivity contribution in [2.75, 3.05) is 26.4 Å². The molecule has 0 rings (SSSR count). The van der Waals surface area contributed by atoms with Crippen molar-refractivity contribution < 1.29 is 47.8 Å². The monoisotopic (exact) mass is 803 g/mol. The van der Waals surface area contributed by atoms with Gasteiger partial charge >= 0.3 is 19.8 Å². The largest absolute Gasteiger partial charge is 0.472 e. The van der Waals surface area contributed by atoms with Crippen LogP contribution in [0.5, 0.6) is 0 Å². The van der Waals surface area contributed by atoms with Crippen molar-refractivity contribution in [3.05, 3.63) is 24.3 Å². The van der Waals surface area contributed by atoms with Gasteiger partial charge in [0.2, 0.25) is 0 Å². The molecule has 0 aromatic heterocycles. The lowest BCUT2D eigenvalue weighted by molar-refractivity contribution is -0.161. The first-order valence-corrected chi connectivity index (χ1v) is 23.8. The molecule has 10 nitrogen and oxygen atoms in total. The van der Waals surface area contributed by atoms with Crippen molar-refractivity contribution in [3.63, 3.8) is 0 Å². The zero-order chi connectivity index (χ0) is 40.5. The molecule has 55 heavy (non-hydrogen) atoms. The number of phosphoric ester groups is 1. The fourth-order valence-corrected chi connectivity index (χ4v) is 6.93. The van der Waals surface area contributed by atoms with Gasteiger partial charge in [0.15, 0.2) is 6.10 Å². The van der Waals surface area contributed by atoms with Gasteiger partial charge in [0, 0.05) is 12.8 Å². The Bertz CT molecular complexity index is 972. The minimum atomic E-state index is -4.61. The molecule has 0 saturated heterocycles. The molecule has 0 radical (unpaired) electrons. The Labute approximate surface area is 336 Å². The average molecular weight is 803 g/mol. The molecular weight excluding hydrogens is 719 g/mol. The minimum Gasteiger partial charge on any atom is -0.462 e. The molecule has 0 saturated carbocycles. The van der Waals surface area contributed by atoms with E-state index in [2.05, 4.69) is 42.7 Å². The second-order valence-electron chi connectivity index (χ2n) is 15.1. The number of rotatable bonds is 42. The van der Waals surface area contributed by atoms with Gasteiger partial charge in [-0.2, -0.15) is 0 Å². The van der Waals surface area contributed by atoms with E-state index in [-0.39, 0.29) is 19.4 Å². The maximum atomic E-state index is 12.6. The van der Waals surface area contributed by atoms with Gasteiger partial charge in [-0.25, -0.2) is 4.57 Å². The van der Waals surface area contributed by atoms with Gasteiger partial charge in [0.05, 0.1) is 19.8 Å². The predicted octanol–water partition coefficient (Wildman–Crippen LogP) is 11.8. The average Bonchev–Trinajstić information content (AvgIpc) is 3.17. The summed E-state index contributed by atoms with van der Waals surface area (Å²) < 4.78 is 32.7. The zero-order valence-corrected chi connectivity index (χ0v) is 36.0. The van der Waals surface area contributed by atoms with Gasteiger partial charge in [-0.05, 0) is 44.9 Å². The molecule has 0 aliphatic heterocycles. The van der Waals surface area contributed by atoms with Crippen LogP contribution in [0.3, 0.4) is 0 Å². The van der Waals surface area contributed by atoms with E-state index >= 15 is 0 Å². The lowest BCUT2D eigenvalue weighted by Gasteiger charge is -2.20. The number of aliphatic hydroxyl groups excluding tert-OH is 2. The van der Waals surface area contributed by atoms with Crippen LogP contribution in [0, 0.1) is 0 Å². The van der Waals surface area contributed by atoms with Crippen molar-refractivity contribution in [1.82, 2.24) is 0 Å².